The van der Waals surface area contributed by atoms with E-state index in [4.69, 9.17) is 0 Å². The molecule has 1 saturated heterocycles. The number of H-pyrrole nitrogens is 1. The van der Waals surface area contributed by atoms with Gasteiger partial charge in [-0.15, -0.1) is 0 Å². The lowest BCUT2D eigenvalue weighted by atomic mass is 10.1. The molecule has 0 radical (unpaired) electrons. The van der Waals surface area contributed by atoms with E-state index in [1.165, 1.54) is 11.1 Å². The summed E-state index contributed by atoms with van der Waals surface area (Å²) in [5.41, 5.74) is 5.08. The largest absolute Gasteiger partial charge is 0.347 e. The SMILES string of the molecule is CCN1CCN(Cc2ccccc2CNC(=O)c2n[nH]c3c2CNCC3)CC1. The number of carbonyl (C=O) groups excluding carboxylic acids is 1. The van der Waals surface area contributed by atoms with Gasteiger partial charge in [0, 0.05) is 70.0 Å². The van der Waals surface area contributed by atoms with E-state index in [-0.39, 0.29) is 5.91 Å². The highest BCUT2D eigenvalue weighted by molar-refractivity contribution is 5.94. The number of amides is 1. The maximum absolute atomic E-state index is 12.7. The van der Waals surface area contributed by atoms with Crippen LogP contribution in [0, 0.1) is 0 Å². The van der Waals surface area contributed by atoms with Crippen molar-refractivity contribution in [2.75, 3.05) is 39.3 Å². The molecule has 28 heavy (non-hydrogen) atoms. The number of aromatic nitrogens is 2. The first-order valence-corrected chi connectivity index (χ1v) is 10.3. The fraction of sp³-hybridized carbons (Fsp3) is 0.524. The van der Waals surface area contributed by atoms with Crippen molar-refractivity contribution in [3.05, 3.63) is 52.3 Å². The van der Waals surface area contributed by atoms with Crippen LogP contribution in [0.2, 0.25) is 0 Å². The predicted octanol–water partition coefficient (Wildman–Crippen LogP) is 1.12. The maximum atomic E-state index is 12.7. The van der Waals surface area contributed by atoms with Crippen LogP contribution in [0.4, 0.5) is 0 Å². The minimum atomic E-state index is -0.104. The third-order valence-corrected chi connectivity index (χ3v) is 5.89. The van der Waals surface area contributed by atoms with Gasteiger partial charge in [-0.2, -0.15) is 5.10 Å². The van der Waals surface area contributed by atoms with Crippen LogP contribution in [0.25, 0.3) is 0 Å². The molecule has 0 atom stereocenters. The number of hydrogen-bond acceptors (Lipinski definition) is 5. The lowest BCUT2D eigenvalue weighted by Gasteiger charge is -2.34. The summed E-state index contributed by atoms with van der Waals surface area (Å²) in [7, 11) is 0. The van der Waals surface area contributed by atoms with Crippen molar-refractivity contribution in [2.45, 2.75) is 33.0 Å². The number of nitrogens with zero attached hydrogens (tertiary/aromatic N) is 3. The van der Waals surface area contributed by atoms with Crippen LogP contribution < -0.4 is 10.6 Å². The zero-order valence-corrected chi connectivity index (χ0v) is 16.6. The monoisotopic (exact) mass is 382 g/mol. The predicted molar refractivity (Wildman–Crippen MR) is 109 cm³/mol. The van der Waals surface area contributed by atoms with Gasteiger partial charge in [-0.25, -0.2) is 0 Å². The van der Waals surface area contributed by atoms with Crippen molar-refractivity contribution < 1.29 is 4.79 Å². The Bertz CT molecular complexity index is 809. The molecule has 1 fully saturated rings. The Labute approximate surface area is 166 Å². The quantitative estimate of drug-likeness (QED) is 0.698. The molecular weight excluding hydrogens is 352 g/mol. The topological polar surface area (TPSA) is 76.3 Å². The third-order valence-electron chi connectivity index (χ3n) is 5.89. The Morgan fingerprint density at radius 2 is 1.89 bits per heavy atom. The average Bonchev–Trinajstić information content (AvgIpc) is 3.18. The van der Waals surface area contributed by atoms with Crippen LogP contribution in [-0.4, -0.2) is 65.2 Å². The summed E-state index contributed by atoms with van der Waals surface area (Å²) < 4.78 is 0. The summed E-state index contributed by atoms with van der Waals surface area (Å²) >= 11 is 0. The van der Waals surface area contributed by atoms with Crippen molar-refractivity contribution in [2.24, 2.45) is 0 Å². The van der Waals surface area contributed by atoms with Crippen molar-refractivity contribution in [3.63, 3.8) is 0 Å². The second-order valence-corrected chi connectivity index (χ2v) is 7.62. The summed E-state index contributed by atoms with van der Waals surface area (Å²) in [5, 5.41) is 13.6. The molecule has 3 heterocycles. The molecule has 2 aliphatic rings. The van der Waals surface area contributed by atoms with Crippen molar-refractivity contribution in [3.8, 4) is 0 Å². The molecule has 1 amide bonds. The molecule has 0 spiro atoms. The molecule has 2 aliphatic heterocycles. The van der Waals surface area contributed by atoms with E-state index in [1.807, 2.05) is 6.07 Å². The lowest BCUT2D eigenvalue weighted by Crippen LogP contribution is -2.45. The van der Waals surface area contributed by atoms with Crippen LogP contribution in [0.1, 0.15) is 39.8 Å². The van der Waals surface area contributed by atoms with E-state index in [2.05, 4.69) is 55.8 Å². The molecule has 150 valence electrons. The summed E-state index contributed by atoms with van der Waals surface area (Å²) in [6, 6.07) is 8.41. The Hall–Kier alpha value is -2.22. The van der Waals surface area contributed by atoms with Crippen LogP contribution in [0.5, 0.6) is 0 Å². The number of likely N-dealkylation sites (N-methyl/N-ethyl adjacent to an activating group) is 1. The van der Waals surface area contributed by atoms with Crippen LogP contribution in [0.3, 0.4) is 0 Å². The van der Waals surface area contributed by atoms with E-state index >= 15 is 0 Å². The Morgan fingerprint density at radius 1 is 1.14 bits per heavy atom. The molecule has 0 aliphatic carbocycles. The Kier molecular flexibility index (Phi) is 6.04. The fourth-order valence-electron chi connectivity index (χ4n) is 4.06. The standard InChI is InChI=1S/C21H30N6O/c1-2-26-9-11-27(12-10-26)15-17-6-4-3-5-16(17)13-23-21(28)20-18-14-22-8-7-19(18)24-25-20/h3-6,22H,2,7-15H2,1H3,(H,23,28)(H,24,25). The normalized spacial score (nSPS) is 18.0. The van der Waals surface area contributed by atoms with Gasteiger partial charge in [-0.05, 0) is 17.7 Å². The second-order valence-electron chi connectivity index (χ2n) is 7.62. The zero-order valence-electron chi connectivity index (χ0n) is 16.6. The number of nitrogens with one attached hydrogen (secondary N) is 3. The molecule has 4 rings (SSSR count). The van der Waals surface area contributed by atoms with Gasteiger partial charge in [0.05, 0.1) is 0 Å². The van der Waals surface area contributed by atoms with Gasteiger partial charge in [-0.3, -0.25) is 14.8 Å². The maximum Gasteiger partial charge on any atom is 0.272 e. The second kappa shape index (κ2) is 8.86. The molecule has 7 nitrogen and oxygen atoms in total. The first-order valence-electron chi connectivity index (χ1n) is 10.3. The minimum Gasteiger partial charge on any atom is -0.347 e. The molecule has 0 bridgehead atoms. The van der Waals surface area contributed by atoms with Gasteiger partial charge in [0.1, 0.15) is 0 Å². The molecule has 1 aromatic carbocycles. The number of benzene rings is 1. The van der Waals surface area contributed by atoms with Crippen molar-refractivity contribution >= 4 is 5.91 Å². The highest BCUT2D eigenvalue weighted by Crippen LogP contribution is 2.17. The zero-order chi connectivity index (χ0) is 19.3. The number of hydrogen-bond donors (Lipinski definition) is 3. The first-order chi connectivity index (χ1) is 13.7. The number of carbonyl (C=O) groups is 1. The smallest absolute Gasteiger partial charge is 0.272 e. The van der Waals surface area contributed by atoms with Gasteiger partial charge in [0.2, 0.25) is 0 Å². The molecular formula is C21H30N6O. The third kappa shape index (κ3) is 4.27. The molecule has 1 aromatic heterocycles. The number of fused-ring (bicyclic) bond motifs is 1. The average molecular weight is 383 g/mol. The molecule has 7 heteroatoms. The van der Waals surface area contributed by atoms with Crippen LogP contribution in [-0.2, 0) is 26.1 Å². The van der Waals surface area contributed by atoms with E-state index in [1.54, 1.807) is 0 Å². The van der Waals surface area contributed by atoms with Gasteiger partial charge >= 0.3 is 0 Å². The van der Waals surface area contributed by atoms with E-state index in [0.29, 0.717) is 18.8 Å². The first kappa shape index (κ1) is 19.1. The van der Waals surface area contributed by atoms with Gasteiger partial charge in [0.25, 0.3) is 5.91 Å². The van der Waals surface area contributed by atoms with Crippen molar-refractivity contribution in [1.82, 2.24) is 30.6 Å². The lowest BCUT2D eigenvalue weighted by molar-refractivity contribution is 0.0944. The number of aromatic amines is 1. The van der Waals surface area contributed by atoms with Crippen LogP contribution >= 0.6 is 0 Å². The summed E-state index contributed by atoms with van der Waals surface area (Å²) in [6.07, 6.45) is 0.893. The highest BCUT2D eigenvalue weighted by atomic mass is 16.1. The molecule has 2 aromatic rings. The van der Waals surface area contributed by atoms with Gasteiger partial charge < -0.3 is 15.5 Å². The molecule has 3 N–H and O–H groups in total. The van der Waals surface area contributed by atoms with E-state index in [9.17, 15) is 4.79 Å². The molecule has 0 unspecified atom stereocenters. The number of piperazine rings is 1. The van der Waals surface area contributed by atoms with Crippen LogP contribution in [0.15, 0.2) is 24.3 Å². The Morgan fingerprint density at radius 3 is 2.68 bits per heavy atom. The summed E-state index contributed by atoms with van der Waals surface area (Å²) in [6.45, 7) is 10.9. The highest BCUT2D eigenvalue weighted by Gasteiger charge is 2.22. The van der Waals surface area contributed by atoms with Gasteiger partial charge in [-0.1, -0.05) is 31.2 Å². The van der Waals surface area contributed by atoms with E-state index in [0.717, 1.165) is 63.5 Å². The summed E-state index contributed by atoms with van der Waals surface area (Å²) in [5.74, 6) is -0.104. The van der Waals surface area contributed by atoms with E-state index < -0.39 is 0 Å². The fourth-order valence-corrected chi connectivity index (χ4v) is 4.06. The number of rotatable bonds is 6. The Balaban J connectivity index is 1.37. The minimum absolute atomic E-state index is 0.104. The molecule has 0 saturated carbocycles. The summed E-state index contributed by atoms with van der Waals surface area (Å²) in [4.78, 5) is 17.7. The van der Waals surface area contributed by atoms with Gasteiger partial charge in [0.15, 0.2) is 5.69 Å². The van der Waals surface area contributed by atoms with Crippen molar-refractivity contribution in [1.29, 1.82) is 0 Å².